The van der Waals surface area contributed by atoms with E-state index in [0.29, 0.717) is 17.6 Å². The molecule has 0 amide bonds. The topological polar surface area (TPSA) is 68.2 Å². The standard InChI is InChI=1S/C52H34N2.C45H29N5.C44H30N2/c1-3-14-35(15-4-1)40-30-41(36-16-5-2-6-17-36)32-42(31-40)53-49-23-11-9-21-44(49)46-33-38(26-28-51(46)53)39-27-29-52-47(34-39)45-22-10-12-24-50(45)54(52)48-25-13-19-37-18-7-8-20-43(37)48;1-4-14-30(15-5-1)43-46-44(31-16-6-2-7-17-31)48-45(47-43)50-40-23-13-11-21-36(40)38-29-33(25-27-42(38)50)32-24-26-41-37(28-32)35-20-10-12-22-39(35)49(41)34-18-8-3-9-19-34;1-4-12-31(13-5-1)34-21-24-42(39(29-34)32-14-6-2-7-15-32)45-27-26-36-28-33(20-23-41(36)45)35-22-25-44-40(30-35)38-18-10-11-19-43(38)46(44)37-16-8-3-9-17-37/h1-34H;1-29H;1-30H. The van der Waals surface area contributed by atoms with Crippen molar-refractivity contribution in [3.05, 3.63) is 564 Å². The van der Waals surface area contributed by atoms with Crippen LogP contribution in [0.3, 0.4) is 0 Å². The number of fused-ring (bicyclic) bond motifs is 17. The number of rotatable bonds is 15. The number of hydrogen-bond acceptors (Lipinski definition) is 3. The van der Waals surface area contributed by atoms with Crippen LogP contribution in [0.4, 0.5) is 0 Å². The second kappa shape index (κ2) is 37.2. The molecule has 0 aliphatic rings. The van der Waals surface area contributed by atoms with E-state index in [4.69, 9.17) is 15.0 Å². The van der Waals surface area contributed by atoms with Gasteiger partial charge in [-0.15, -0.1) is 0 Å². The van der Waals surface area contributed by atoms with Gasteiger partial charge in [0, 0.05) is 105 Å². The average molecular weight is 1910 g/mol. The molecule has 0 bridgehead atoms. The van der Waals surface area contributed by atoms with E-state index in [1.54, 1.807) is 0 Å². The lowest BCUT2D eigenvalue weighted by molar-refractivity contribution is 0.953. The fourth-order valence-electron chi connectivity index (χ4n) is 22.8. The van der Waals surface area contributed by atoms with Crippen LogP contribution in [0.1, 0.15) is 0 Å². The summed E-state index contributed by atoms with van der Waals surface area (Å²) in [6, 6.07) is 200. The van der Waals surface area contributed by atoms with E-state index in [9.17, 15) is 0 Å². The molecule has 0 N–H and O–H groups in total. The highest BCUT2D eigenvalue weighted by molar-refractivity contribution is 6.17. The fourth-order valence-corrected chi connectivity index (χ4v) is 22.8. The van der Waals surface area contributed by atoms with Gasteiger partial charge in [-0.1, -0.05) is 388 Å². The minimum absolute atomic E-state index is 0.590. The molecule has 0 saturated carbocycles. The SMILES string of the molecule is c1ccc(-c2cc(-c3ccccc3)cc(-n3c4ccccc4c4cc(-c5ccc6c(c5)c5ccccc5n6-c5cccc6ccccc56)ccc43)c2)cc1.c1ccc(-c2ccc(-n3ccc4cc(-c5ccc6c(c5)c5ccccc5n6-c5ccccc5)ccc43)c(-c3ccccc3)c2)cc1.c1ccc(-c2nc(-c3ccccc3)nc(-n3c4ccccc4c4cc(-c5ccc6c(c5)c5ccccc5n6-c5ccccc5)ccc43)n2)cc1. The van der Waals surface area contributed by atoms with Gasteiger partial charge in [-0.05, 0) is 248 Å². The Bertz CT molecular complexity index is 10300. The van der Waals surface area contributed by atoms with Crippen LogP contribution in [0.2, 0.25) is 0 Å². The number of nitrogens with zero attached hydrogens (tertiary/aromatic N) is 9. The quantitative estimate of drug-likeness (QED) is 0.103. The Morgan fingerprint density at radius 3 is 0.847 bits per heavy atom. The van der Waals surface area contributed by atoms with Crippen molar-refractivity contribution in [2.75, 3.05) is 0 Å². The largest absolute Gasteiger partial charge is 0.316 e. The maximum absolute atomic E-state index is 5.08. The van der Waals surface area contributed by atoms with Crippen molar-refractivity contribution in [1.29, 1.82) is 0 Å². The molecule has 0 aliphatic carbocycles. The maximum Gasteiger partial charge on any atom is 0.238 e. The molecule has 0 aliphatic heterocycles. The Morgan fingerprint density at radius 2 is 0.427 bits per heavy atom. The molecule has 9 heteroatoms. The second-order valence-electron chi connectivity index (χ2n) is 38.5. The van der Waals surface area contributed by atoms with E-state index in [1.807, 2.05) is 60.7 Å². The molecule has 9 nitrogen and oxygen atoms in total. The van der Waals surface area contributed by atoms with Gasteiger partial charge in [0.15, 0.2) is 11.6 Å². The van der Waals surface area contributed by atoms with E-state index >= 15 is 0 Å². The van der Waals surface area contributed by atoms with Crippen molar-refractivity contribution in [3.8, 4) is 135 Å². The summed E-state index contributed by atoms with van der Waals surface area (Å²) in [4.78, 5) is 15.1. The first kappa shape index (κ1) is 87.6. The summed E-state index contributed by atoms with van der Waals surface area (Å²) >= 11 is 0. The molecule has 0 saturated heterocycles. The predicted octanol–water partition coefficient (Wildman–Crippen LogP) is 36.8. The highest BCUT2D eigenvalue weighted by atomic mass is 15.2. The van der Waals surface area contributed by atoms with Crippen molar-refractivity contribution < 1.29 is 0 Å². The van der Waals surface area contributed by atoms with Gasteiger partial charge in [-0.25, -0.2) is 4.98 Å². The molecular weight excluding hydrogens is 1820 g/mol. The van der Waals surface area contributed by atoms with Crippen LogP contribution in [0.5, 0.6) is 0 Å². The van der Waals surface area contributed by atoms with E-state index < -0.39 is 0 Å². The third kappa shape index (κ3) is 15.5. The molecular formula is C141H93N9. The molecule has 30 aromatic rings. The van der Waals surface area contributed by atoms with Crippen molar-refractivity contribution in [2.24, 2.45) is 0 Å². The Hall–Kier alpha value is -20.1. The zero-order valence-electron chi connectivity index (χ0n) is 81.7. The third-order valence-electron chi connectivity index (χ3n) is 29.8. The molecule has 0 atom stereocenters. The van der Waals surface area contributed by atoms with E-state index in [0.717, 1.165) is 49.9 Å². The average Bonchev–Trinajstić information content (AvgIpc) is 1.57. The first-order chi connectivity index (χ1) is 74.4. The zero-order valence-corrected chi connectivity index (χ0v) is 81.7. The molecule has 23 aromatic carbocycles. The van der Waals surface area contributed by atoms with Crippen LogP contribution in [-0.4, -0.2) is 42.4 Å². The smallest absolute Gasteiger partial charge is 0.238 e. The summed E-state index contributed by atoms with van der Waals surface area (Å²) in [6.07, 6.45) is 2.20. The van der Waals surface area contributed by atoms with Gasteiger partial charge in [-0.2, -0.15) is 9.97 Å². The van der Waals surface area contributed by atoms with Crippen LogP contribution in [0, 0.1) is 0 Å². The predicted molar refractivity (Wildman–Crippen MR) is 628 cm³/mol. The van der Waals surface area contributed by atoms with Crippen LogP contribution < -0.4 is 0 Å². The van der Waals surface area contributed by atoms with Crippen LogP contribution >= 0.6 is 0 Å². The lowest BCUT2D eigenvalue weighted by Crippen LogP contribution is -2.06. The van der Waals surface area contributed by atoms with Crippen LogP contribution in [0.15, 0.2) is 564 Å². The summed E-state index contributed by atoms with van der Waals surface area (Å²) in [7, 11) is 0. The maximum atomic E-state index is 5.08. The minimum atomic E-state index is 0.590. The van der Waals surface area contributed by atoms with Gasteiger partial charge in [0.05, 0.1) is 72.1 Å². The highest BCUT2D eigenvalue weighted by Crippen LogP contribution is 2.46. The molecule has 0 fully saturated rings. The van der Waals surface area contributed by atoms with Gasteiger partial charge in [0.25, 0.3) is 0 Å². The molecule has 150 heavy (non-hydrogen) atoms. The second-order valence-corrected chi connectivity index (χ2v) is 38.5. The fraction of sp³-hybridized carbons (Fsp3) is 0. The van der Waals surface area contributed by atoms with Gasteiger partial charge in [0.2, 0.25) is 5.95 Å². The monoisotopic (exact) mass is 1910 g/mol. The van der Waals surface area contributed by atoms with E-state index in [1.165, 1.54) is 198 Å². The molecule has 30 rings (SSSR count). The van der Waals surface area contributed by atoms with Gasteiger partial charge in [-0.3, -0.25) is 4.57 Å². The van der Waals surface area contributed by atoms with Gasteiger partial charge >= 0.3 is 0 Å². The molecule has 0 radical (unpaired) electrons. The lowest BCUT2D eigenvalue weighted by atomic mass is 9.97. The van der Waals surface area contributed by atoms with Crippen molar-refractivity contribution in [2.45, 2.75) is 0 Å². The first-order valence-electron chi connectivity index (χ1n) is 51.2. The lowest BCUT2D eigenvalue weighted by Gasteiger charge is -2.15. The van der Waals surface area contributed by atoms with E-state index in [2.05, 4.69) is 531 Å². The minimum Gasteiger partial charge on any atom is -0.316 e. The van der Waals surface area contributed by atoms with Crippen molar-refractivity contribution in [1.82, 2.24) is 42.4 Å². The normalized spacial score (nSPS) is 11.6. The molecule has 0 unspecified atom stereocenters. The first-order valence-corrected chi connectivity index (χ1v) is 51.2. The van der Waals surface area contributed by atoms with Crippen LogP contribution in [-0.2, 0) is 0 Å². The van der Waals surface area contributed by atoms with Crippen LogP contribution in [0.25, 0.3) is 266 Å². The van der Waals surface area contributed by atoms with E-state index in [-0.39, 0.29) is 0 Å². The van der Waals surface area contributed by atoms with Crippen molar-refractivity contribution >= 4 is 131 Å². The summed E-state index contributed by atoms with van der Waals surface area (Å²) in [5.41, 5.74) is 37.5. The molecule has 7 aromatic heterocycles. The Kier molecular flexibility index (Phi) is 21.8. The van der Waals surface area contributed by atoms with Crippen molar-refractivity contribution in [3.63, 3.8) is 0 Å². The van der Waals surface area contributed by atoms with Gasteiger partial charge in [0.1, 0.15) is 0 Å². The Balaban J connectivity index is 0.000000108. The zero-order chi connectivity index (χ0) is 99.1. The molecule has 0 spiro atoms. The van der Waals surface area contributed by atoms with Gasteiger partial charge < -0.3 is 22.8 Å². The summed E-state index contributed by atoms with van der Waals surface area (Å²) in [5.74, 6) is 1.87. The highest BCUT2D eigenvalue weighted by Gasteiger charge is 2.25. The summed E-state index contributed by atoms with van der Waals surface area (Å²) in [6.45, 7) is 0. The number of hydrogen-bond donors (Lipinski definition) is 0. The third-order valence-corrected chi connectivity index (χ3v) is 29.8. The Labute approximate surface area is 866 Å². The Morgan fingerprint density at radius 1 is 0.133 bits per heavy atom. The summed E-state index contributed by atoms with van der Waals surface area (Å²) < 4.78 is 14.1. The number of aromatic nitrogens is 9. The molecule has 7 heterocycles. The molecule has 702 valence electrons. The summed E-state index contributed by atoms with van der Waals surface area (Å²) in [5, 5.41) is 16.0. The number of para-hydroxylation sites is 7. The number of benzene rings is 23.